The Morgan fingerprint density at radius 2 is 1.00 bits per heavy atom. The molecule has 0 amide bonds. The van der Waals surface area contributed by atoms with Crippen molar-refractivity contribution in [3.05, 3.63) is 0 Å². The Morgan fingerprint density at radius 3 is 1.33 bits per heavy atom. The molecule has 0 rings (SSSR count). The summed E-state index contributed by atoms with van der Waals surface area (Å²) >= 11 is 0. The highest BCUT2D eigenvalue weighted by Gasteiger charge is 2.33. The van der Waals surface area contributed by atoms with Crippen molar-refractivity contribution in [2.45, 2.75) is 0 Å². The third-order valence-corrected chi connectivity index (χ3v) is 2.86. The molecule has 110 valence electrons. The Bertz CT molecular complexity index is 194. The molecule has 18 heavy (non-hydrogen) atoms. The van der Waals surface area contributed by atoms with Crippen LogP contribution in [0.1, 0.15) is 0 Å². The molecule has 0 aliphatic heterocycles. The van der Waals surface area contributed by atoms with Crippen LogP contribution in [0.3, 0.4) is 0 Å². The highest BCUT2D eigenvalue weighted by molar-refractivity contribution is 4.80. The van der Waals surface area contributed by atoms with Crippen molar-refractivity contribution in [2.75, 3.05) is 52.9 Å². The topological polar surface area (TPSA) is 140 Å². The minimum Gasteiger partial charge on any atom is -0.396 e. The van der Waals surface area contributed by atoms with Gasteiger partial charge in [-0.2, -0.15) is 0 Å². The minimum absolute atomic E-state index is 0.163. The van der Waals surface area contributed by atoms with Crippen LogP contribution in [0.4, 0.5) is 0 Å². The van der Waals surface area contributed by atoms with Crippen LogP contribution < -0.4 is 0 Å². The molecule has 0 aromatic carbocycles. The molecule has 8 heteroatoms. The van der Waals surface area contributed by atoms with E-state index in [9.17, 15) is 0 Å². The summed E-state index contributed by atoms with van der Waals surface area (Å²) in [5.41, 5.74) is -2.36. The van der Waals surface area contributed by atoms with Crippen LogP contribution in [0.15, 0.2) is 0 Å². The Kier molecular flexibility index (Phi) is 8.57. The highest BCUT2D eigenvalue weighted by Crippen LogP contribution is 2.20. The molecule has 0 saturated carbocycles. The summed E-state index contributed by atoms with van der Waals surface area (Å²) < 4.78 is 5.18. The van der Waals surface area contributed by atoms with Crippen LogP contribution in [0.25, 0.3) is 0 Å². The van der Waals surface area contributed by atoms with Gasteiger partial charge in [0.1, 0.15) is 0 Å². The van der Waals surface area contributed by atoms with E-state index >= 15 is 0 Å². The molecule has 8 nitrogen and oxygen atoms in total. The summed E-state index contributed by atoms with van der Waals surface area (Å²) in [6, 6.07) is 0. The lowest BCUT2D eigenvalue weighted by Gasteiger charge is -2.31. The van der Waals surface area contributed by atoms with E-state index in [1.807, 2.05) is 0 Å². The van der Waals surface area contributed by atoms with Crippen molar-refractivity contribution in [3.8, 4) is 0 Å². The molecule has 0 bridgehead atoms. The van der Waals surface area contributed by atoms with Crippen molar-refractivity contribution in [3.63, 3.8) is 0 Å². The second-order valence-corrected chi connectivity index (χ2v) is 4.56. The van der Waals surface area contributed by atoms with Gasteiger partial charge in [-0.3, -0.25) is 5.26 Å². The van der Waals surface area contributed by atoms with E-state index in [2.05, 4.69) is 4.89 Å². The monoisotopic (exact) mass is 270 g/mol. The summed E-state index contributed by atoms with van der Waals surface area (Å²) in [5.74, 6) is 0. The maximum atomic E-state index is 9.13. The molecule has 0 aromatic rings. The van der Waals surface area contributed by atoms with Crippen molar-refractivity contribution < 1.29 is 40.4 Å². The quantitative estimate of drug-likeness (QED) is 0.178. The van der Waals surface area contributed by atoms with Gasteiger partial charge in [-0.15, -0.1) is 0 Å². The number of hydrogen-bond donors (Lipinski definition) is 6. The van der Waals surface area contributed by atoms with Gasteiger partial charge in [0.05, 0.1) is 63.7 Å². The maximum Gasteiger partial charge on any atom is 0.0942 e. The van der Waals surface area contributed by atoms with Crippen LogP contribution in [0, 0.1) is 10.8 Å². The molecule has 0 saturated heterocycles. The average molecular weight is 270 g/mol. The van der Waals surface area contributed by atoms with Gasteiger partial charge >= 0.3 is 0 Å². The summed E-state index contributed by atoms with van der Waals surface area (Å²) in [5, 5.41) is 53.8. The molecular weight excluding hydrogens is 248 g/mol. The van der Waals surface area contributed by atoms with Crippen LogP contribution >= 0.6 is 0 Å². The van der Waals surface area contributed by atoms with Crippen LogP contribution in [0.2, 0.25) is 0 Å². The Hall–Kier alpha value is -0.320. The molecule has 0 radical (unpaired) electrons. The lowest BCUT2D eigenvalue weighted by molar-refractivity contribution is -0.274. The van der Waals surface area contributed by atoms with Gasteiger partial charge in [0.15, 0.2) is 0 Å². The van der Waals surface area contributed by atoms with E-state index in [1.165, 1.54) is 0 Å². The molecule has 0 unspecified atom stereocenters. The third kappa shape index (κ3) is 4.75. The summed E-state index contributed by atoms with van der Waals surface area (Å²) in [4.78, 5) is 3.90. The van der Waals surface area contributed by atoms with Gasteiger partial charge < -0.3 is 30.3 Å². The summed E-state index contributed by atoms with van der Waals surface area (Å²) in [6.45, 7) is -3.02. The largest absolute Gasteiger partial charge is 0.396 e. The Labute approximate surface area is 105 Å². The predicted octanol–water partition coefficient (Wildman–Crippen LogP) is -2.57. The molecule has 0 atom stereocenters. The third-order valence-electron chi connectivity index (χ3n) is 2.86. The van der Waals surface area contributed by atoms with Crippen molar-refractivity contribution in [2.24, 2.45) is 10.8 Å². The predicted molar refractivity (Wildman–Crippen MR) is 59.7 cm³/mol. The fourth-order valence-electron chi connectivity index (χ4n) is 1.18. The lowest BCUT2D eigenvalue weighted by Crippen LogP contribution is -2.43. The van der Waals surface area contributed by atoms with E-state index in [-0.39, 0.29) is 19.8 Å². The molecule has 0 aliphatic carbocycles. The lowest BCUT2D eigenvalue weighted by atomic mass is 9.91. The van der Waals surface area contributed by atoms with Crippen molar-refractivity contribution in [1.82, 2.24) is 0 Å². The number of ether oxygens (including phenoxy) is 1. The Balaban J connectivity index is 4.36. The van der Waals surface area contributed by atoms with E-state index < -0.39 is 43.9 Å². The zero-order valence-corrected chi connectivity index (χ0v) is 10.2. The number of aliphatic hydroxyl groups excluding tert-OH is 5. The number of rotatable bonds is 11. The van der Waals surface area contributed by atoms with Gasteiger partial charge in [-0.25, -0.2) is 4.89 Å². The van der Waals surface area contributed by atoms with Gasteiger partial charge in [-0.1, -0.05) is 0 Å². The molecule has 0 fully saturated rings. The maximum absolute atomic E-state index is 9.13. The minimum atomic E-state index is -1.18. The first-order valence-corrected chi connectivity index (χ1v) is 5.46. The van der Waals surface area contributed by atoms with Gasteiger partial charge in [0.25, 0.3) is 0 Å². The zero-order valence-electron chi connectivity index (χ0n) is 10.2. The van der Waals surface area contributed by atoms with E-state index in [4.69, 9.17) is 35.5 Å². The second kappa shape index (κ2) is 8.73. The van der Waals surface area contributed by atoms with Gasteiger partial charge in [0, 0.05) is 0 Å². The number of aliphatic hydroxyl groups is 5. The summed E-state index contributed by atoms with van der Waals surface area (Å²) in [7, 11) is 0. The standard InChI is InChI=1S/C10H22O8/c11-1-9(2-12,3-13)6-17-7-10(4-14,5-15)8-18-16/h11-16H,1-8H2. The van der Waals surface area contributed by atoms with Crippen LogP contribution in [-0.4, -0.2) is 83.6 Å². The molecule has 6 N–H and O–H groups in total. The fraction of sp³-hybridized carbons (Fsp3) is 1.00. The van der Waals surface area contributed by atoms with Gasteiger partial charge in [0.2, 0.25) is 0 Å². The van der Waals surface area contributed by atoms with Crippen molar-refractivity contribution in [1.29, 1.82) is 0 Å². The van der Waals surface area contributed by atoms with Crippen LogP contribution in [-0.2, 0) is 9.62 Å². The fourth-order valence-corrected chi connectivity index (χ4v) is 1.18. The van der Waals surface area contributed by atoms with Crippen LogP contribution in [0.5, 0.6) is 0 Å². The molecule has 0 spiro atoms. The zero-order chi connectivity index (χ0) is 14.1. The molecule has 0 aromatic heterocycles. The number of hydrogen-bond acceptors (Lipinski definition) is 8. The highest BCUT2D eigenvalue weighted by atomic mass is 17.1. The first kappa shape index (κ1) is 17.7. The van der Waals surface area contributed by atoms with E-state index in [0.29, 0.717) is 0 Å². The van der Waals surface area contributed by atoms with E-state index in [1.54, 1.807) is 0 Å². The summed E-state index contributed by atoms with van der Waals surface area (Å²) in [6.07, 6.45) is 0. The molecule has 0 heterocycles. The second-order valence-electron chi connectivity index (χ2n) is 4.56. The molecular formula is C10H22O8. The van der Waals surface area contributed by atoms with E-state index in [0.717, 1.165) is 0 Å². The first-order valence-electron chi connectivity index (χ1n) is 5.46. The van der Waals surface area contributed by atoms with Crippen molar-refractivity contribution >= 4 is 0 Å². The normalized spacial score (nSPS) is 13.0. The smallest absolute Gasteiger partial charge is 0.0942 e. The average Bonchev–Trinajstić information content (AvgIpc) is 2.43. The first-order chi connectivity index (χ1) is 8.57. The molecule has 0 aliphatic rings. The SMILES string of the molecule is OCC(CO)(CO)COCC(CO)(CO)COO. The Morgan fingerprint density at radius 1 is 0.611 bits per heavy atom. The van der Waals surface area contributed by atoms with Gasteiger partial charge in [-0.05, 0) is 0 Å².